The van der Waals surface area contributed by atoms with E-state index in [4.69, 9.17) is 14.4 Å². The van der Waals surface area contributed by atoms with Crippen molar-refractivity contribution in [3.05, 3.63) is 78.6 Å². The number of hydrogen-bond donors (Lipinski definition) is 0. The van der Waals surface area contributed by atoms with Crippen molar-refractivity contribution < 1.29 is 4.42 Å². The predicted molar refractivity (Wildman–Crippen MR) is 112 cm³/mol. The van der Waals surface area contributed by atoms with Gasteiger partial charge in [-0.15, -0.1) is 0 Å². The van der Waals surface area contributed by atoms with Gasteiger partial charge in [-0.1, -0.05) is 42.5 Å². The summed E-state index contributed by atoms with van der Waals surface area (Å²) in [5.74, 6) is 3.13. The molecule has 0 N–H and O–H groups in total. The Morgan fingerprint density at radius 1 is 0.857 bits per heavy atom. The molecule has 5 rings (SSSR count). The molecular formula is C24H23N3O. The van der Waals surface area contributed by atoms with Crippen LogP contribution in [0.25, 0.3) is 22.5 Å². The summed E-state index contributed by atoms with van der Waals surface area (Å²) in [5.41, 5.74) is 2.40. The Bertz CT molecular complexity index is 1050. The van der Waals surface area contributed by atoms with Crippen LogP contribution in [-0.2, 0) is 6.42 Å². The zero-order chi connectivity index (χ0) is 18.8. The fourth-order valence-electron chi connectivity index (χ4n) is 4.11. The summed E-state index contributed by atoms with van der Waals surface area (Å²) in [6.07, 6.45) is 5.20. The van der Waals surface area contributed by atoms with Crippen LogP contribution >= 0.6 is 0 Å². The molecule has 1 fully saturated rings. The molecule has 1 saturated heterocycles. The summed E-state index contributed by atoms with van der Waals surface area (Å²) >= 11 is 0. The smallest absolute Gasteiger partial charge is 0.198 e. The van der Waals surface area contributed by atoms with E-state index in [0.29, 0.717) is 11.6 Å². The van der Waals surface area contributed by atoms with Crippen molar-refractivity contribution in [3.8, 4) is 11.6 Å². The van der Waals surface area contributed by atoms with Crippen LogP contribution in [-0.4, -0.2) is 23.1 Å². The van der Waals surface area contributed by atoms with Crippen LogP contribution in [0, 0.1) is 5.92 Å². The molecule has 2 aromatic heterocycles. The Balaban J connectivity index is 1.40. The Labute approximate surface area is 164 Å². The van der Waals surface area contributed by atoms with Gasteiger partial charge in [-0.3, -0.25) is 0 Å². The molecule has 28 heavy (non-hydrogen) atoms. The molecule has 4 nitrogen and oxygen atoms in total. The van der Waals surface area contributed by atoms with E-state index in [1.807, 2.05) is 18.2 Å². The fraction of sp³-hybridized carbons (Fsp3) is 0.250. The molecule has 0 radical (unpaired) electrons. The molecule has 140 valence electrons. The number of rotatable bonds is 4. The van der Waals surface area contributed by atoms with Gasteiger partial charge in [0.25, 0.3) is 0 Å². The Kier molecular flexibility index (Phi) is 4.53. The third-order valence-electron chi connectivity index (χ3n) is 5.61. The molecule has 4 aromatic rings. The molecule has 2 aromatic carbocycles. The highest BCUT2D eigenvalue weighted by molar-refractivity contribution is 5.90. The monoisotopic (exact) mass is 369 g/mol. The molecule has 0 unspecified atom stereocenters. The average Bonchev–Trinajstić information content (AvgIpc) is 3.29. The second kappa shape index (κ2) is 7.47. The highest BCUT2D eigenvalue weighted by Gasteiger charge is 2.23. The van der Waals surface area contributed by atoms with Crippen LogP contribution in [0.1, 0.15) is 18.4 Å². The van der Waals surface area contributed by atoms with Gasteiger partial charge in [0.05, 0.1) is 11.8 Å². The molecule has 0 amide bonds. The van der Waals surface area contributed by atoms with Crippen molar-refractivity contribution in [3.63, 3.8) is 0 Å². The van der Waals surface area contributed by atoms with E-state index < -0.39 is 0 Å². The van der Waals surface area contributed by atoms with Crippen molar-refractivity contribution in [2.24, 2.45) is 5.92 Å². The average molecular weight is 369 g/mol. The standard InChI is InChI=1S/C24H23N3O/c1-2-7-18(8-3-1)17-19-12-14-27(15-13-19)24-20-9-4-5-10-21(20)25-23(26-24)22-11-6-16-28-22/h1-11,16,19H,12-15,17H2. The first kappa shape index (κ1) is 17.0. The molecule has 0 aliphatic carbocycles. The van der Waals surface area contributed by atoms with Gasteiger partial charge in [0.15, 0.2) is 11.6 Å². The first-order valence-corrected chi connectivity index (χ1v) is 9.96. The highest BCUT2D eigenvalue weighted by atomic mass is 16.3. The van der Waals surface area contributed by atoms with Crippen molar-refractivity contribution in [2.45, 2.75) is 19.3 Å². The minimum Gasteiger partial charge on any atom is -0.461 e. The number of para-hydroxylation sites is 1. The van der Waals surface area contributed by atoms with Crippen LogP contribution in [0.15, 0.2) is 77.4 Å². The SMILES string of the molecule is c1ccc(CC2CCN(c3nc(-c4ccco4)nc4ccccc34)CC2)cc1. The maximum Gasteiger partial charge on any atom is 0.198 e. The topological polar surface area (TPSA) is 42.2 Å². The lowest BCUT2D eigenvalue weighted by Gasteiger charge is -2.33. The lowest BCUT2D eigenvalue weighted by Crippen LogP contribution is -2.35. The first-order chi connectivity index (χ1) is 13.9. The molecule has 0 atom stereocenters. The molecule has 0 saturated carbocycles. The van der Waals surface area contributed by atoms with E-state index >= 15 is 0 Å². The van der Waals surface area contributed by atoms with E-state index in [2.05, 4.69) is 53.4 Å². The minimum atomic E-state index is 0.658. The minimum absolute atomic E-state index is 0.658. The molecule has 1 aliphatic heterocycles. The van der Waals surface area contributed by atoms with E-state index in [-0.39, 0.29) is 0 Å². The Hall–Kier alpha value is -3.14. The number of nitrogens with zero attached hydrogens (tertiary/aromatic N) is 3. The normalized spacial score (nSPS) is 15.2. The molecule has 3 heterocycles. The van der Waals surface area contributed by atoms with Crippen molar-refractivity contribution in [2.75, 3.05) is 18.0 Å². The fourth-order valence-corrected chi connectivity index (χ4v) is 4.11. The lowest BCUT2D eigenvalue weighted by atomic mass is 9.90. The van der Waals surface area contributed by atoms with Crippen LogP contribution < -0.4 is 4.90 Å². The van der Waals surface area contributed by atoms with Crippen LogP contribution in [0.4, 0.5) is 5.82 Å². The third-order valence-corrected chi connectivity index (χ3v) is 5.61. The quantitative estimate of drug-likeness (QED) is 0.486. The van der Waals surface area contributed by atoms with Gasteiger partial charge in [0, 0.05) is 18.5 Å². The van der Waals surface area contributed by atoms with Gasteiger partial charge in [0.1, 0.15) is 5.82 Å². The van der Waals surface area contributed by atoms with E-state index in [1.54, 1.807) is 6.26 Å². The van der Waals surface area contributed by atoms with Gasteiger partial charge in [-0.25, -0.2) is 9.97 Å². The number of benzene rings is 2. The second-order valence-electron chi connectivity index (χ2n) is 7.49. The summed E-state index contributed by atoms with van der Waals surface area (Å²) in [4.78, 5) is 12.0. The van der Waals surface area contributed by atoms with E-state index in [1.165, 1.54) is 18.4 Å². The van der Waals surface area contributed by atoms with Crippen LogP contribution in [0.3, 0.4) is 0 Å². The zero-order valence-electron chi connectivity index (χ0n) is 15.8. The summed E-state index contributed by atoms with van der Waals surface area (Å²) in [6.45, 7) is 2.05. The van der Waals surface area contributed by atoms with E-state index in [9.17, 15) is 0 Å². The number of hydrogen-bond acceptors (Lipinski definition) is 4. The van der Waals surface area contributed by atoms with Crippen molar-refractivity contribution >= 4 is 16.7 Å². The maximum atomic E-state index is 5.55. The predicted octanol–water partition coefficient (Wildman–Crippen LogP) is 5.35. The first-order valence-electron chi connectivity index (χ1n) is 9.96. The van der Waals surface area contributed by atoms with Crippen LogP contribution in [0.2, 0.25) is 0 Å². The molecule has 1 aliphatic rings. The van der Waals surface area contributed by atoms with Gasteiger partial charge < -0.3 is 9.32 Å². The van der Waals surface area contributed by atoms with Crippen molar-refractivity contribution in [1.82, 2.24) is 9.97 Å². The summed E-state index contributed by atoms with van der Waals surface area (Å²) < 4.78 is 5.55. The zero-order valence-corrected chi connectivity index (χ0v) is 15.8. The van der Waals surface area contributed by atoms with Crippen molar-refractivity contribution in [1.29, 1.82) is 0 Å². The second-order valence-corrected chi connectivity index (χ2v) is 7.49. The summed E-state index contributed by atoms with van der Waals surface area (Å²) in [5, 5.41) is 1.11. The third kappa shape index (κ3) is 3.38. The molecular weight excluding hydrogens is 346 g/mol. The largest absolute Gasteiger partial charge is 0.461 e. The molecule has 0 bridgehead atoms. The number of aromatic nitrogens is 2. The molecule has 0 spiro atoms. The number of fused-ring (bicyclic) bond motifs is 1. The van der Waals surface area contributed by atoms with Crippen LogP contribution in [0.5, 0.6) is 0 Å². The van der Waals surface area contributed by atoms with Gasteiger partial charge in [-0.2, -0.15) is 0 Å². The maximum absolute atomic E-state index is 5.55. The van der Waals surface area contributed by atoms with Gasteiger partial charge >= 0.3 is 0 Å². The van der Waals surface area contributed by atoms with Gasteiger partial charge in [-0.05, 0) is 55.0 Å². The Morgan fingerprint density at radius 3 is 2.43 bits per heavy atom. The van der Waals surface area contributed by atoms with Gasteiger partial charge in [0.2, 0.25) is 0 Å². The number of piperidine rings is 1. The number of anilines is 1. The number of furan rings is 1. The summed E-state index contributed by atoms with van der Waals surface area (Å²) in [7, 11) is 0. The molecule has 4 heteroatoms. The Morgan fingerprint density at radius 2 is 1.64 bits per heavy atom. The lowest BCUT2D eigenvalue weighted by molar-refractivity contribution is 0.402. The van der Waals surface area contributed by atoms with E-state index in [0.717, 1.165) is 42.1 Å². The highest BCUT2D eigenvalue weighted by Crippen LogP contribution is 2.31. The summed E-state index contributed by atoms with van der Waals surface area (Å²) in [6, 6.07) is 22.9.